The van der Waals surface area contributed by atoms with Crippen molar-refractivity contribution in [3.05, 3.63) is 11.6 Å². The van der Waals surface area contributed by atoms with E-state index < -0.39 is 6.10 Å². The van der Waals surface area contributed by atoms with Crippen molar-refractivity contribution in [1.29, 1.82) is 0 Å². The van der Waals surface area contributed by atoms with Gasteiger partial charge < -0.3 is 5.11 Å². The van der Waals surface area contributed by atoms with Crippen LogP contribution in [0.4, 0.5) is 0 Å². The van der Waals surface area contributed by atoms with Gasteiger partial charge >= 0.3 is 0 Å². The Bertz CT molecular complexity index is 649. The molecule has 0 radical (unpaired) electrons. The Morgan fingerprint density at radius 1 is 1.12 bits per heavy atom. The van der Waals surface area contributed by atoms with Gasteiger partial charge in [0.2, 0.25) is 0 Å². The summed E-state index contributed by atoms with van der Waals surface area (Å²) in [5.41, 5.74) is 0.987. The number of hydrogen-bond acceptors (Lipinski definition) is 3. The molecule has 1 spiro atoms. The summed E-state index contributed by atoms with van der Waals surface area (Å²) in [5.74, 6) is 2.40. The Morgan fingerprint density at radius 3 is 2.79 bits per heavy atom. The van der Waals surface area contributed by atoms with Gasteiger partial charge in [-0.3, -0.25) is 9.59 Å². The second-order valence-corrected chi connectivity index (χ2v) is 9.50. The second kappa shape index (κ2) is 4.81. The summed E-state index contributed by atoms with van der Waals surface area (Å²) < 4.78 is 0. The molecule has 0 aromatic carbocycles. The Morgan fingerprint density at radius 2 is 1.96 bits per heavy atom. The van der Waals surface area contributed by atoms with Crippen LogP contribution in [0, 0.1) is 34.5 Å². The monoisotopic (exact) mass is 328 g/mol. The van der Waals surface area contributed by atoms with E-state index in [1.165, 1.54) is 0 Å². The van der Waals surface area contributed by atoms with E-state index >= 15 is 0 Å². The summed E-state index contributed by atoms with van der Waals surface area (Å²) in [5, 5.41) is 10.9. The minimum Gasteiger partial charge on any atom is -0.389 e. The molecule has 5 aliphatic rings. The number of rotatable bonds is 0. The Labute approximate surface area is 143 Å². The maximum Gasteiger partial charge on any atom is 0.158 e. The molecule has 5 rings (SSSR count). The highest BCUT2D eigenvalue weighted by atomic mass is 16.3. The van der Waals surface area contributed by atoms with E-state index in [4.69, 9.17) is 0 Å². The molecule has 24 heavy (non-hydrogen) atoms. The molecule has 3 heteroatoms. The van der Waals surface area contributed by atoms with Gasteiger partial charge in [0.05, 0.1) is 6.10 Å². The molecule has 5 aliphatic carbocycles. The van der Waals surface area contributed by atoms with Crippen LogP contribution in [0.2, 0.25) is 0 Å². The maximum absolute atomic E-state index is 12.5. The Kier molecular flexibility index (Phi) is 3.07. The molecule has 0 amide bonds. The summed E-state index contributed by atoms with van der Waals surface area (Å²) in [6.07, 6.45) is 10.2. The first kappa shape index (κ1) is 15.3. The predicted molar refractivity (Wildman–Crippen MR) is 90.2 cm³/mol. The van der Waals surface area contributed by atoms with Crippen LogP contribution in [-0.4, -0.2) is 22.8 Å². The average molecular weight is 328 g/mol. The Balaban J connectivity index is 1.59. The van der Waals surface area contributed by atoms with Crippen LogP contribution in [0.3, 0.4) is 0 Å². The number of aliphatic hydroxyl groups is 1. The largest absolute Gasteiger partial charge is 0.389 e. The van der Waals surface area contributed by atoms with Crippen LogP contribution >= 0.6 is 0 Å². The standard InChI is InChI=1S/C21H28O3/c1-20-8-6-15-13(14(20)4-5-19(20)24)9-18(23)16-10-17(22)12-3-2-7-21(15,16)11-12/h10,12-15,18,23H,2-9,11H2,1H3/t12-,13-,14-,15-,18+,20-,21+/m0/s1. The molecule has 0 aromatic heterocycles. The number of carbonyl (C=O) groups excluding carboxylic acids is 2. The number of aliphatic hydroxyl groups excluding tert-OH is 1. The lowest BCUT2D eigenvalue weighted by atomic mass is 9.43. The van der Waals surface area contributed by atoms with Crippen molar-refractivity contribution in [3.8, 4) is 0 Å². The van der Waals surface area contributed by atoms with Gasteiger partial charge in [0.25, 0.3) is 0 Å². The molecule has 130 valence electrons. The first-order valence-corrected chi connectivity index (χ1v) is 9.93. The molecule has 2 bridgehead atoms. The fourth-order valence-electron chi connectivity index (χ4n) is 7.66. The van der Waals surface area contributed by atoms with Crippen LogP contribution in [0.25, 0.3) is 0 Å². The fraction of sp³-hybridized carbons (Fsp3) is 0.810. The smallest absolute Gasteiger partial charge is 0.158 e. The quantitative estimate of drug-likeness (QED) is 0.741. The number of ketones is 2. The van der Waals surface area contributed by atoms with Gasteiger partial charge in [0.15, 0.2) is 5.78 Å². The lowest BCUT2D eigenvalue weighted by molar-refractivity contribution is -0.139. The van der Waals surface area contributed by atoms with Gasteiger partial charge in [0, 0.05) is 17.8 Å². The molecule has 7 atom stereocenters. The third-order valence-corrected chi connectivity index (χ3v) is 8.77. The van der Waals surface area contributed by atoms with Gasteiger partial charge in [-0.1, -0.05) is 13.3 Å². The third-order valence-electron chi connectivity index (χ3n) is 8.77. The first-order valence-electron chi connectivity index (χ1n) is 9.93. The van der Waals surface area contributed by atoms with E-state index in [9.17, 15) is 14.7 Å². The van der Waals surface area contributed by atoms with Crippen molar-refractivity contribution in [2.75, 3.05) is 0 Å². The van der Waals surface area contributed by atoms with E-state index in [1.54, 1.807) is 0 Å². The van der Waals surface area contributed by atoms with Crippen LogP contribution in [0.1, 0.15) is 64.7 Å². The van der Waals surface area contributed by atoms with Gasteiger partial charge in [-0.15, -0.1) is 0 Å². The lowest BCUT2D eigenvalue weighted by Crippen LogP contribution is -2.57. The molecule has 0 aliphatic heterocycles. The lowest BCUT2D eigenvalue weighted by Gasteiger charge is -2.61. The zero-order valence-electron chi connectivity index (χ0n) is 14.6. The predicted octanol–water partition coefficient (Wildman–Crippen LogP) is 3.45. The van der Waals surface area contributed by atoms with Crippen LogP contribution in [0.15, 0.2) is 11.6 Å². The summed E-state index contributed by atoms with van der Waals surface area (Å²) in [6.45, 7) is 2.19. The van der Waals surface area contributed by atoms with Crippen LogP contribution in [0.5, 0.6) is 0 Å². The van der Waals surface area contributed by atoms with Crippen molar-refractivity contribution in [1.82, 2.24) is 0 Å². The number of Topliss-reactive ketones (excluding diaryl/α,β-unsaturated/α-hetero) is 1. The molecule has 0 unspecified atom stereocenters. The zero-order valence-corrected chi connectivity index (χ0v) is 14.6. The van der Waals surface area contributed by atoms with E-state index in [0.717, 1.165) is 63.4 Å². The summed E-state index contributed by atoms with van der Waals surface area (Å²) in [7, 11) is 0. The van der Waals surface area contributed by atoms with Gasteiger partial charge in [0.1, 0.15) is 5.78 Å². The topological polar surface area (TPSA) is 54.4 Å². The minimum atomic E-state index is -0.465. The average Bonchev–Trinajstić information content (AvgIpc) is 2.86. The van der Waals surface area contributed by atoms with Crippen molar-refractivity contribution < 1.29 is 14.7 Å². The Hall–Kier alpha value is -0.960. The minimum absolute atomic E-state index is 0.0616. The molecule has 0 aromatic rings. The second-order valence-electron chi connectivity index (χ2n) is 9.50. The molecule has 4 fully saturated rings. The molecule has 0 heterocycles. The third kappa shape index (κ3) is 1.72. The summed E-state index contributed by atoms with van der Waals surface area (Å²) in [6, 6.07) is 0. The highest BCUT2D eigenvalue weighted by Gasteiger charge is 2.62. The normalized spacial score (nSPS) is 53.1. The van der Waals surface area contributed by atoms with Crippen molar-refractivity contribution >= 4 is 11.6 Å². The number of fused-ring (bicyclic) bond motifs is 4. The van der Waals surface area contributed by atoms with Crippen LogP contribution < -0.4 is 0 Å². The highest BCUT2D eigenvalue weighted by Crippen LogP contribution is 2.67. The van der Waals surface area contributed by atoms with E-state index in [1.807, 2.05) is 6.08 Å². The first-order chi connectivity index (χ1) is 11.5. The highest BCUT2D eigenvalue weighted by molar-refractivity contribution is 5.94. The fourth-order valence-corrected chi connectivity index (χ4v) is 7.66. The molecule has 3 nitrogen and oxygen atoms in total. The van der Waals surface area contributed by atoms with Crippen molar-refractivity contribution in [3.63, 3.8) is 0 Å². The number of carbonyl (C=O) groups is 2. The SMILES string of the molecule is C[C@]12CC[C@H]3[C@@H](C[C@@H](O)C4=CC(=O)[C@H]5CCC[C@]43C5)[C@@H]1CCC2=O. The molecule has 4 saturated carbocycles. The maximum atomic E-state index is 12.5. The van der Waals surface area contributed by atoms with Crippen LogP contribution in [-0.2, 0) is 9.59 Å². The summed E-state index contributed by atoms with van der Waals surface area (Å²) >= 11 is 0. The van der Waals surface area contributed by atoms with E-state index in [0.29, 0.717) is 23.5 Å². The number of hydrogen-bond donors (Lipinski definition) is 1. The van der Waals surface area contributed by atoms with Gasteiger partial charge in [-0.05, 0) is 79.8 Å². The van der Waals surface area contributed by atoms with Crippen molar-refractivity contribution in [2.24, 2.45) is 34.5 Å². The van der Waals surface area contributed by atoms with Gasteiger partial charge in [-0.2, -0.15) is 0 Å². The molecule has 1 N–H and O–H groups in total. The van der Waals surface area contributed by atoms with E-state index in [2.05, 4.69) is 6.92 Å². The molecular weight excluding hydrogens is 300 g/mol. The summed E-state index contributed by atoms with van der Waals surface area (Å²) in [4.78, 5) is 24.9. The molecule has 0 saturated heterocycles. The molecular formula is C21H28O3. The van der Waals surface area contributed by atoms with Gasteiger partial charge in [-0.25, -0.2) is 0 Å². The van der Waals surface area contributed by atoms with Crippen molar-refractivity contribution in [2.45, 2.75) is 70.8 Å². The zero-order chi connectivity index (χ0) is 16.7. The van der Waals surface area contributed by atoms with E-state index in [-0.39, 0.29) is 22.5 Å².